The Morgan fingerprint density at radius 3 is 2.50 bits per heavy atom. The van der Waals surface area contributed by atoms with Crippen LogP contribution >= 0.6 is 12.0 Å². The molecule has 1 rings (SSSR count). The summed E-state index contributed by atoms with van der Waals surface area (Å²) in [5.74, 6) is 1.24. The van der Waals surface area contributed by atoms with Crippen LogP contribution in [0.2, 0.25) is 0 Å². The quantitative estimate of drug-likeness (QED) is 0.530. The maximum atomic E-state index is 11.8. The second-order valence-electron chi connectivity index (χ2n) is 4.18. The first kappa shape index (κ1) is 20.9. The summed E-state index contributed by atoms with van der Waals surface area (Å²) in [6, 6.07) is 5.79. The Balaban J connectivity index is 0.00000211. The smallest absolute Gasteiger partial charge is 0.413 e. The number of nitrogens with one attached hydrogen (secondary N) is 1. The number of ether oxygens (including phenoxy) is 1. The molecule has 22 heavy (non-hydrogen) atoms. The van der Waals surface area contributed by atoms with Gasteiger partial charge in [-0.25, -0.2) is 0 Å². The lowest BCUT2D eigenvalue weighted by Gasteiger charge is -2.12. The molecule has 0 heterocycles. The zero-order chi connectivity index (χ0) is 17.0. The molecule has 1 aromatic carbocycles. The van der Waals surface area contributed by atoms with Crippen LogP contribution in [0.4, 0.5) is 18.9 Å². The van der Waals surface area contributed by atoms with Crippen molar-refractivity contribution < 1.29 is 22.1 Å². The normalized spacial score (nSPS) is 10.7. The van der Waals surface area contributed by atoms with E-state index in [1.165, 1.54) is 0 Å². The standard InChI is InChI=1S/C13H18F3NO2S.C2H6/c1-10-4-5-12(18-2)11(8-10)17-6-3-7-20-19-9-13(14,15)16;1-2/h4-5,8,17H,3,6-7,9H2,1-2H3;1-2H3. The van der Waals surface area contributed by atoms with Crippen LogP contribution < -0.4 is 10.1 Å². The first-order chi connectivity index (χ1) is 10.4. The van der Waals surface area contributed by atoms with Gasteiger partial charge in [0.25, 0.3) is 0 Å². The Labute approximate surface area is 134 Å². The van der Waals surface area contributed by atoms with Crippen molar-refractivity contribution in [2.45, 2.75) is 33.4 Å². The SMILES string of the molecule is CC.COc1ccc(C)cc1NCCCSOCC(F)(F)F. The molecule has 7 heteroatoms. The van der Waals surface area contributed by atoms with Crippen molar-refractivity contribution >= 4 is 17.7 Å². The topological polar surface area (TPSA) is 30.5 Å². The third-order valence-corrected chi connectivity index (χ3v) is 3.12. The van der Waals surface area contributed by atoms with E-state index in [1.54, 1.807) is 7.11 Å². The summed E-state index contributed by atoms with van der Waals surface area (Å²) in [4.78, 5) is 0. The van der Waals surface area contributed by atoms with E-state index in [-0.39, 0.29) is 0 Å². The summed E-state index contributed by atoms with van der Waals surface area (Å²) in [6.07, 6.45) is -3.57. The van der Waals surface area contributed by atoms with Gasteiger partial charge < -0.3 is 14.2 Å². The maximum Gasteiger partial charge on any atom is 0.413 e. The lowest BCUT2D eigenvalue weighted by molar-refractivity contribution is -0.150. The van der Waals surface area contributed by atoms with E-state index < -0.39 is 12.8 Å². The molecule has 0 unspecified atom stereocenters. The molecule has 0 aliphatic rings. The van der Waals surface area contributed by atoms with Gasteiger partial charge in [-0.3, -0.25) is 0 Å². The van der Waals surface area contributed by atoms with Gasteiger partial charge in [0.05, 0.1) is 12.8 Å². The number of hydrogen-bond donors (Lipinski definition) is 1. The van der Waals surface area contributed by atoms with Crippen molar-refractivity contribution in [2.24, 2.45) is 0 Å². The largest absolute Gasteiger partial charge is 0.495 e. The van der Waals surface area contributed by atoms with Crippen molar-refractivity contribution in [1.82, 2.24) is 0 Å². The first-order valence-electron chi connectivity index (χ1n) is 7.12. The lowest BCUT2D eigenvalue weighted by Crippen LogP contribution is -2.14. The zero-order valence-electron chi connectivity index (χ0n) is 13.4. The van der Waals surface area contributed by atoms with Crippen LogP contribution in [-0.4, -0.2) is 32.2 Å². The molecule has 0 saturated heterocycles. The molecule has 0 amide bonds. The molecular formula is C15H24F3NO2S. The van der Waals surface area contributed by atoms with Gasteiger partial charge in [-0.15, -0.1) is 0 Å². The molecule has 0 bridgehead atoms. The van der Waals surface area contributed by atoms with Crippen LogP contribution in [0.15, 0.2) is 18.2 Å². The summed E-state index contributed by atoms with van der Waals surface area (Å²) in [5.41, 5.74) is 1.99. The van der Waals surface area contributed by atoms with E-state index in [0.717, 1.165) is 29.0 Å². The highest BCUT2D eigenvalue weighted by Crippen LogP contribution is 2.25. The first-order valence-corrected chi connectivity index (χ1v) is 8.03. The van der Waals surface area contributed by atoms with Crippen LogP contribution in [0.25, 0.3) is 0 Å². The van der Waals surface area contributed by atoms with Crippen LogP contribution in [0, 0.1) is 6.92 Å². The minimum atomic E-state index is -4.26. The molecule has 0 aliphatic carbocycles. The second-order valence-corrected chi connectivity index (χ2v) is 5.06. The molecule has 1 N–H and O–H groups in total. The summed E-state index contributed by atoms with van der Waals surface area (Å²) in [5, 5.41) is 3.20. The molecule has 0 radical (unpaired) electrons. The number of hydrogen-bond acceptors (Lipinski definition) is 4. The minimum Gasteiger partial charge on any atom is -0.495 e. The van der Waals surface area contributed by atoms with Gasteiger partial charge in [-0.05, 0) is 43.1 Å². The number of rotatable bonds is 8. The fraction of sp³-hybridized carbons (Fsp3) is 0.600. The Morgan fingerprint density at radius 2 is 1.91 bits per heavy atom. The molecule has 0 fully saturated rings. The van der Waals surface area contributed by atoms with E-state index in [1.807, 2.05) is 39.0 Å². The number of benzene rings is 1. The molecule has 0 atom stereocenters. The fourth-order valence-corrected chi connectivity index (χ4v) is 2.08. The molecule has 0 spiro atoms. The highest BCUT2D eigenvalue weighted by atomic mass is 32.2. The number of anilines is 1. The number of aryl methyl sites for hydroxylation is 1. The highest BCUT2D eigenvalue weighted by Gasteiger charge is 2.27. The molecular weight excluding hydrogens is 315 g/mol. The third kappa shape index (κ3) is 9.78. The van der Waals surface area contributed by atoms with Gasteiger partial charge in [0, 0.05) is 12.3 Å². The molecule has 3 nitrogen and oxygen atoms in total. The van der Waals surface area contributed by atoms with Crippen LogP contribution in [0.3, 0.4) is 0 Å². The van der Waals surface area contributed by atoms with Gasteiger partial charge >= 0.3 is 6.18 Å². The fourth-order valence-electron chi connectivity index (χ4n) is 1.48. The van der Waals surface area contributed by atoms with Gasteiger partial charge in [0.15, 0.2) is 6.61 Å². The van der Waals surface area contributed by atoms with Crippen molar-refractivity contribution in [3.8, 4) is 5.75 Å². The van der Waals surface area contributed by atoms with Crippen LogP contribution in [0.1, 0.15) is 25.8 Å². The van der Waals surface area contributed by atoms with E-state index in [9.17, 15) is 13.2 Å². The van der Waals surface area contributed by atoms with Gasteiger partial charge in [0.2, 0.25) is 0 Å². The summed E-state index contributed by atoms with van der Waals surface area (Å²) in [7, 11) is 1.59. The number of methoxy groups -OCH3 is 1. The maximum absolute atomic E-state index is 11.8. The van der Waals surface area contributed by atoms with Gasteiger partial charge in [-0.2, -0.15) is 13.2 Å². The van der Waals surface area contributed by atoms with Gasteiger partial charge in [0.1, 0.15) is 5.75 Å². The van der Waals surface area contributed by atoms with Gasteiger partial charge in [-0.1, -0.05) is 19.9 Å². The average Bonchev–Trinajstić information content (AvgIpc) is 2.47. The summed E-state index contributed by atoms with van der Waals surface area (Å²) in [6.45, 7) is 5.41. The molecule has 0 aromatic heterocycles. The monoisotopic (exact) mass is 339 g/mol. The van der Waals surface area contributed by atoms with Crippen LogP contribution in [-0.2, 0) is 4.18 Å². The predicted molar refractivity (Wildman–Crippen MR) is 86.7 cm³/mol. The van der Waals surface area contributed by atoms with Crippen LogP contribution in [0.5, 0.6) is 5.75 Å². The second kappa shape index (κ2) is 11.5. The number of alkyl halides is 3. The van der Waals surface area contributed by atoms with Crippen molar-refractivity contribution in [1.29, 1.82) is 0 Å². The number of halogens is 3. The summed E-state index contributed by atoms with van der Waals surface area (Å²) < 4.78 is 45.1. The highest BCUT2D eigenvalue weighted by molar-refractivity contribution is 7.94. The Morgan fingerprint density at radius 1 is 1.23 bits per heavy atom. The Hall–Kier alpha value is -1.08. The third-order valence-electron chi connectivity index (χ3n) is 2.38. The van der Waals surface area contributed by atoms with E-state index in [4.69, 9.17) is 4.74 Å². The Kier molecular flexibility index (Phi) is 10.9. The molecule has 0 aliphatic heterocycles. The molecule has 1 aromatic rings. The average molecular weight is 339 g/mol. The molecule has 128 valence electrons. The predicted octanol–water partition coefficient (Wildman–Crippen LogP) is 5.06. The summed E-state index contributed by atoms with van der Waals surface area (Å²) >= 11 is 0.837. The molecule has 0 saturated carbocycles. The minimum absolute atomic E-state index is 0.497. The van der Waals surface area contributed by atoms with E-state index >= 15 is 0 Å². The van der Waals surface area contributed by atoms with Crippen molar-refractivity contribution in [2.75, 3.05) is 31.3 Å². The zero-order valence-corrected chi connectivity index (χ0v) is 14.2. The lowest BCUT2D eigenvalue weighted by atomic mass is 10.2. The van der Waals surface area contributed by atoms with E-state index in [0.29, 0.717) is 18.7 Å². The van der Waals surface area contributed by atoms with E-state index in [2.05, 4.69) is 9.50 Å². The Bertz CT molecular complexity index is 414. The van der Waals surface area contributed by atoms with Crippen molar-refractivity contribution in [3.63, 3.8) is 0 Å². The van der Waals surface area contributed by atoms with Crippen molar-refractivity contribution in [3.05, 3.63) is 23.8 Å².